The van der Waals surface area contributed by atoms with Crippen LogP contribution in [0, 0.1) is 15.9 Å². The minimum Gasteiger partial charge on any atom is -0.449 e. The number of alkyl halides is 3. The average Bonchev–Trinajstić information content (AvgIpc) is 2.84. The fourth-order valence-corrected chi connectivity index (χ4v) is 3.91. The number of nitro groups is 1. The molecule has 0 spiro atoms. The summed E-state index contributed by atoms with van der Waals surface area (Å²) in [5, 5.41) is 13.1. The third-order valence-corrected chi connectivity index (χ3v) is 5.74. The third kappa shape index (κ3) is 5.33. The molecular formula is C24H12ClF4N3O5S. The van der Waals surface area contributed by atoms with Crippen molar-refractivity contribution in [3.05, 3.63) is 98.3 Å². The van der Waals surface area contributed by atoms with Gasteiger partial charge in [0.05, 0.1) is 21.2 Å². The summed E-state index contributed by atoms with van der Waals surface area (Å²) >= 11 is 11.2. The van der Waals surface area contributed by atoms with Crippen molar-refractivity contribution in [3.63, 3.8) is 0 Å². The summed E-state index contributed by atoms with van der Waals surface area (Å²) in [5.74, 6) is -3.14. The number of ether oxygens (including phenoxy) is 1. The van der Waals surface area contributed by atoms with E-state index < -0.39 is 51.3 Å². The smallest absolute Gasteiger partial charge is 0.416 e. The maximum absolute atomic E-state index is 14.3. The molecule has 38 heavy (non-hydrogen) atoms. The average molecular weight is 566 g/mol. The third-order valence-electron chi connectivity index (χ3n) is 5.16. The fraction of sp³-hybridized carbons (Fsp3) is 0.0417. The van der Waals surface area contributed by atoms with Gasteiger partial charge in [-0.3, -0.25) is 25.0 Å². The van der Waals surface area contributed by atoms with Crippen LogP contribution in [0.4, 0.5) is 28.9 Å². The molecule has 0 saturated carbocycles. The highest BCUT2D eigenvalue weighted by Gasteiger charge is 2.36. The Hall–Kier alpha value is -4.36. The number of rotatable bonds is 5. The van der Waals surface area contributed by atoms with Crippen molar-refractivity contribution in [1.29, 1.82) is 0 Å². The van der Waals surface area contributed by atoms with E-state index in [1.807, 2.05) is 0 Å². The van der Waals surface area contributed by atoms with Crippen LogP contribution in [0.5, 0.6) is 11.5 Å². The van der Waals surface area contributed by atoms with Gasteiger partial charge >= 0.3 is 11.9 Å². The number of amides is 2. The second kappa shape index (κ2) is 10.2. The van der Waals surface area contributed by atoms with E-state index >= 15 is 0 Å². The molecule has 0 radical (unpaired) electrons. The van der Waals surface area contributed by atoms with E-state index in [-0.39, 0.29) is 27.1 Å². The Kier molecular flexibility index (Phi) is 7.16. The van der Waals surface area contributed by atoms with Crippen LogP contribution in [-0.4, -0.2) is 21.9 Å². The predicted molar refractivity (Wildman–Crippen MR) is 132 cm³/mol. The maximum Gasteiger partial charge on any atom is 0.416 e. The van der Waals surface area contributed by atoms with E-state index in [1.165, 1.54) is 36.4 Å². The maximum atomic E-state index is 14.3. The van der Waals surface area contributed by atoms with Crippen molar-refractivity contribution in [2.75, 3.05) is 4.90 Å². The van der Waals surface area contributed by atoms with Gasteiger partial charge in [0.25, 0.3) is 11.8 Å². The molecule has 0 aromatic heterocycles. The van der Waals surface area contributed by atoms with Crippen molar-refractivity contribution in [1.82, 2.24) is 5.32 Å². The number of para-hydroxylation sites is 1. The number of nitro benzene ring substituents is 1. The molecule has 1 fully saturated rings. The molecular weight excluding hydrogens is 554 g/mol. The second-order valence-electron chi connectivity index (χ2n) is 7.64. The van der Waals surface area contributed by atoms with Crippen LogP contribution in [0.25, 0.3) is 6.08 Å². The van der Waals surface area contributed by atoms with E-state index in [0.717, 1.165) is 23.1 Å². The van der Waals surface area contributed by atoms with E-state index in [1.54, 1.807) is 0 Å². The molecule has 0 atom stereocenters. The van der Waals surface area contributed by atoms with Crippen molar-refractivity contribution < 1.29 is 36.8 Å². The van der Waals surface area contributed by atoms with Crippen LogP contribution >= 0.6 is 23.8 Å². The standard InChI is InChI=1S/C24H12ClF4N3O5S/c25-15-10-12(5-7-19(15)37-20-8-6-13(24(27,28)29)11-18(20)32(35)36)9-14-21(33)30-23(38)31(22(14)34)17-4-2-1-3-16(17)26/h1-11H,(H,30,33,38)/b14-9+. The van der Waals surface area contributed by atoms with Crippen LogP contribution in [-0.2, 0) is 15.8 Å². The number of benzene rings is 3. The van der Waals surface area contributed by atoms with Crippen molar-refractivity contribution in [2.45, 2.75) is 6.18 Å². The Balaban J connectivity index is 1.64. The Morgan fingerprint density at radius 3 is 2.37 bits per heavy atom. The van der Waals surface area contributed by atoms with Gasteiger partial charge in [-0.05, 0) is 60.3 Å². The molecule has 1 N–H and O–H groups in total. The highest BCUT2D eigenvalue weighted by molar-refractivity contribution is 7.80. The second-order valence-corrected chi connectivity index (χ2v) is 8.43. The first-order chi connectivity index (χ1) is 17.9. The number of hydrogen-bond acceptors (Lipinski definition) is 6. The Bertz CT molecular complexity index is 1540. The van der Waals surface area contributed by atoms with Gasteiger partial charge in [0.15, 0.2) is 5.11 Å². The monoisotopic (exact) mass is 565 g/mol. The Morgan fingerprint density at radius 1 is 1.05 bits per heavy atom. The van der Waals surface area contributed by atoms with Gasteiger partial charge in [-0.15, -0.1) is 0 Å². The normalized spacial score (nSPS) is 15.0. The molecule has 4 rings (SSSR count). The molecule has 1 aliphatic heterocycles. The number of nitrogens with zero attached hydrogens (tertiary/aromatic N) is 2. The number of halogens is 5. The molecule has 1 aliphatic rings. The first kappa shape index (κ1) is 26.7. The van der Waals surface area contributed by atoms with Gasteiger partial charge in [-0.1, -0.05) is 29.8 Å². The van der Waals surface area contributed by atoms with Crippen LogP contribution in [0.2, 0.25) is 5.02 Å². The molecule has 3 aromatic carbocycles. The lowest BCUT2D eigenvalue weighted by Crippen LogP contribution is -2.54. The number of carbonyl (C=O) groups is 2. The fourth-order valence-electron chi connectivity index (χ4n) is 3.41. The zero-order chi connectivity index (χ0) is 27.8. The first-order valence-electron chi connectivity index (χ1n) is 10.4. The molecule has 14 heteroatoms. The van der Waals surface area contributed by atoms with Crippen molar-refractivity contribution >= 4 is 58.2 Å². The molecule has 1 saturated heterocycles. The lowest BCUT2D eigenvalue weighted by Gasteiger charge is -2.29. The topological polar surface area (TPSA) is 102 Å². The van der Waals surface area contributed by atoms with Crippen LogP contribution in [0.1, 0.15) is 11.1 Å². The molecule has 3 aromatic rings. The summed E-state index contributed by atoms with van der Waals surface area (Å²) in [6.07, 6.45) is -3.64. The van der Waals surface area contributed by atoms with Gasteiger partial charge in [-0.2, -0.15) is 13.2 Å². The summed E-state index contributed by atoms with van der Waals surface area (Å²) < 4.78 is 58.5. The van der Waals surface area contributed by atoms with Gasteiger partial charge in [0.1, 0.15) is 17.1 Å². The lowest BCUT2D eigenvalue weighted by molar-refractivity contribution is -0.385. The quantitative estimate of drug-likeness (QED) is 0.101. The minimum absolute atomic E-state index is 0.140. The van der Waals surface area contributed by atoms with E-state index in [2.05, 4.69) is 5.32 Å². The highest BCUT2D eigenvalue weighted by Crippen LogP contribution is 2.39. The van der Waals surface area contributed by atoms with Gasteiger partial charge in [-0.25, -0.2) is 9.29 Å². The first-order valence-corrected chi connectivity index (χ1v) is 11.1. The molecule has 0 aliphatic carbocycles. The predicted octanol–water partition coefficient (Wildman–Crippen LogP) is 6.03. The zero-order valence-electron chi connectivity index (χ0n) is 18.6. The molecule has 1 heterocycles. The van der Waals surface area contributed by atoms with E-state index in [9.17, 15) is 37.3 Å². The Morgan fingerprint density at radius 2 is 1.74 bits per heavy atom. The Labute approximate surface area is 221 Å². The number of carbonyl (C=O) groups excluding carboxylic acids is 2. The SMILES string of the molecule is O=C1NC(=S)N(c2ccccc2F)C(=O)/C1=C/c1ccc(Oc2ccc(C(F)(F)F)cc2[N+](=O)[O-])c(Cl)c1. The van der Waals surface area contributed by atoms with E-state index in [0.29, 0.717) is 12.1 Å². The van der Waals surface area contributed by atoms with Crippen LogP contribution in [0.3, 0.4) is 0 Å². The lowest BCUT2D eigenvalue weighted by atomic mass is 10.1. The van der Waals surface area contributed by atoms with Gasteiger partial charge < -0.3 is 4.74 Å². The number of hydrogen-bond donors (Lipinski definition) is 1. The summed E-state index contributed by atoms with van der Waals surface area (Å²) in [7, 11) is 0. The summed E-state index contributed by atoms with van der Waals surface area (Å²) in [4.78, 5) is 36.6. The summed E-state index contributed by atoms with van der Waals surface area (Å²) in [6.45, 7) is 0. The van der Waals surface area contributed by atoms with E-state index in [4.69, 9.17) is 28.6 Å². The van der Waals surface area contributed by atoms with Gasteiger partial charge in [0, 0.05) is 6.07 Å². The largest absolute Gasteiger partial charge is 0.449 e. The molecule has 8 nitrogen and oxygen atoms in total. The molecule has 194 valence electrons. The summed E-state index contributed by atoms with van der Waals surface area (Å²) in [5.41, 5.74) is -2.53. The van der Waals surface area contributed by atoms with Crippen molar-refractivity contribution in [3.8, 4) is 11.5 Å². The van der Waals surface area contributed by atoms with Crippen LogP contribution in [0.15, 0.2) is 66.2 Å². The number of thiocarbonyl (C=S) groups is 1. The molecule has 0 bridgehead atoms. The highest BCUT2D eigenvalue weighted by atomic mass is 35.5. The van der Waals surface area contributed by atoms with Crippen LogP contribution < -0.4 is 15.0 Å². The number of anilines is 1. The number of nitrogens with one attached hydrogen (secondary N) is 1. The minimum atomic E-state index is -4.80. The molecule has 0 unspecified atom stereocenters. The summed E-state index contributed by atoms with van der Waals surface area (Å²) in [6, 6.07) is 10.9. The van der Waals surface area contributed by atoms with Gasteiger partial charge in [0.2, 0.25) is 5.75 Å². The molecule has 2 amide bonds. The zero-order valence-corrected chi connectivity index (χ0v) is 20.2. The van der Waals surface area contributed by atoms with Crippen molar-refractivity contribution in [2.24, 2.45) is 0 Å².